The summed E-state index contributed by atoms with van der Waals surface area (Å²) in [5, 5.41) is 8.85. The van der Waals surface area contributed by atoms with E-state index in [0.717, 1.165) is 12.1 Å². The number of aromatic nitrogens is 2. The van der Waals surface area contributed by atoms with Gasteiger partial charge in [0.1, 0.15) is 22.6 Å². The molecule has 10 heteroatoms. The van der Waals surface area contributed by atoms with E-state index in [1.165, 1.54) is 18.3 Å². The van der Waals surface area contributed by atoms with Gasteiger partial charge in [-0.3, -0.25) is 9.89 Å². The zero-order valence-electron chi connectivity index (χ0n) is 13.6. The van der Waals surface area contributed by atoms with Crippen LogP contribution >= 0.6 is 11.6 Å². The van der Waals surface area contributed by atoms with Crippen LogP contribution in [0.15, 0.2) is 35.4 Å². The molecule has 0 unspecified atom stereocenters. The van der Waals surface area contributed by atoms with Crippen molar-refractivity contribution in [1.29, 1.82) is 0 Å². The average molecular weight is 389 g/mol. The number of benzene rings is 1. The van der Waals surface area contributed by atoms with Crippen molar-refractivity contribution in [2.24, 2.45) is 5.92 Å². The molecule has 1 aromatic heterocycles. The molecule has 1 atom stereocenters. The molecule has 0 bridgehead atoms. The minimum Gasteiger partial charge on any atom is -0.310 e. The fraction of sp³-hybridized carbons (Fsp3) is 0.333. The maximum Gasteiger partial charge on any atom is 0.244 e. The first kappa shape index (κ1) is 19.4. The normalized spacial score (nSPS) is 13.0. The number of carbonyl (C=O) groups is 1. The van der Waals surface area contributed by atoms with Crippen LogP contribution in [0.25, 0.3) is 0 Å². The molecule has 1 heterocycles. The number of rotatable bonds is 7. The van der Waals surface area contributed by atoms with Gasteiger partial charge in [0.25, 0.3) is 0 Å². The Bertz CT molecular complexity index is 840. The second-order valence-corrected chi connectivity index (χ2v) is 7.96. The van der Waals surface area contributed by atoms with Gasteiger partial charge in [0.05, 0.1) is 6.20 Å². The van der Waals surface area contributed by atoms with E-state index in [1.807, 2.05) is 13.8 Å². The van der Waals surface area contributed by atoms with Crippen molar-refractivity contribution in [3.63, 3.8) is 0 Å². The molecular weight excluding hydrogens is 371 g/mol. The van der Waals surface area contributed by atoms with E-state index in [-0.39, 0.29) is 17.4 Å². The molecule has 25 heavy (non-hydrogen) atoms. The first-order valence-electron chi connectivity index (χ1n) is 7.46. The highest BCUT2D eigenvalue weighted by atomic mass is 35.5. The number of hydrogen-bond acceptors (Lipinski definition) is 4. The quantitative estimate of drug-likeness (QED) is 0.677. The number of halogens is 2. The van der Waals surface area contributed by atoms with Crippen molar-refractivity contribution in [1.82, 2.24) is 14.9 Å². The van der Waals surface area contributed by atoms with Crippen molar-refractivity contribution in [3.8, 4) is 0 Å². The Morgan fingerprint density at radius 1 is 1.36 bits per heavy atom. The van der Waals surface area contributed by atoms with Crippen molar-refractivity contribution < 1.29 is 17.6 Å². The van der Waals surface area contributed by atoms with Gasteiger partial charge in [-0.05, 0) is 30.5 Å². The highest BCUT2D eigenvalue weighted by Gasteiger charge is 2.28. The number of nitrogens with one attached hydrogen (secondary N) is 3. The lowest BCUT2D eigenvalue weighted by Crippen LogP contribution is -2.44. The summed E-state index contributed by atoms with van der Waals surface area (Å²) in [6.45, 7) is 3.68. The fourth-order valence-electron chi connectivity index (χ4n) is 2.17. The molecular formula is C15H18ClFN4O3S. The van der Waals surface area contributed by atoms with Crippen molar-refractivity contribution >= 4 is 33.3 Å². The molecule has 7 nitrogen and oxygen atoms in total. The largest absolute Gasteiger partial charge is 0.310 e. The summed E-state index contributed by atoms with van der Waals surface area (Å²) in [5.41, 5.74) is 0. The smallest absolute Gasteiger partial charge is 0.244 e. The lowest BCUT2D eigenvalue weighted by molar-refractivity contribution is -0.118. The Balaban J connectivity index is 2.24. The monoisotopic (exact) mass is 388 g/mol. The number of H-pyrrole nitrogens is 1. The van der Waals surface area contributed by atoms with E-state index >= 15 is 0 Å². The van der Waals surface area contributed by atoms with Crippen LogP contribution in [0.2, 0.25) is 5.02 Å². The summed E-state index contributed by atoms with van der Waals surface area (Å²) < 4.78 is 41.1. The molecule has 3 N–H and O–H groups in total. The van der Waals surface area contributed by atoms with Gasteiger partial charge in [0, 0.05) is 11.1 Å². The van der Waals surface area contributed by atoms with E-state index < -0.39 is 32.7 Å². The third-order valence-electron chi connectivity index (χ3n) is 3.26. The van der Waals surface area contributed by atoms with Crippen molar-refractivity contribution in [2.75, 3.05) is 5.32 Å². The van der Waals surface area contributed by atoms with Crippen LogP contribution < -0.4 is 10.0 Å². The summed E-state index contributed by atoms with van der Waals surface area (Å²) in [5.74, 6) is -1.21. The van der Waals surface area contributed by atoms with Gasteiger partial charge in [-0.1, -0.05) is 25.4 Å². The summed E-state index contributed by atoms with van der Waals surface area (Å²) in [6.07, 6.45) is 1.68. The molecule has 0 saturated heterocycles. The number of anilines is 1. The van der Waals surface area contributed by atoms with Crippen LogP contribution in [-0.2, 0) is 14.8 Å². The number of aromatic amines is 1. The van der Waals surface area contributed by atoms with Crippen molar-refractivity contribution in [3.05, 3.63) is 41.3 Å². The van der Waals surface area contributed by atoms with E-state index in [2.05, 4.69) is 20.2 Å². The molecule has 1 aromatic carbocycles. The predicted octanol–water partition coefficient (Wildman–Crippen LogP) is 2.53. The van der Waals surface area contributed by atoms with Gasteiger partial charge in [0.2, 0.25) is 15.9 Å². The van der Waals surface area contributed by atoms with Crippen LogP contribution in [0.3, 0.4) is 0 Å². The van der Waals surface area contributed by atoms with E-state index in [1.54, 1.807) is 0 Å². The highest BCUT2D eigenvalue weighted by molar-refractivity contribution is 7.89. The SMILES string of the molecule is CC(C)C[C@H](NS(=O)(=O)c1ccc(Cl)cc1F)C(=O)Nc1ccn[nH]1. The first-order valence-corrected chi connectivity index (χ1v) is 9.33. The Labute approximate surface area is 150 Å². The van der Waals surface area contributed by atoms with E-state index in [4.69, 9.17) is 11.6 Å². The third kappa shape index (κ3) is 5.25. The second-order valence-electron chi connectivity index (χ2n) is 5.84. The number of amides is 1. The molecule has 1 amide bonds. The zero-order chi connectivity index (χ0) is 18.6. The van der Waals surface area contributed by atoms with Crippen LogP contribution in [0.4, 0.5) is 10.2 Å². The number of nitrogens with zero attached hydrogens (tertiary/aromatic N) is 1. The molecule has 0 spiro atoms. The Kier molecular flexibility index (Phi) is 6.15. The van der Waals surface area contributed by atoms with Gasteiger partial charge < -0.3 is 5.32 Å². The van der Waals surface area contributed by atoms with Gasteiger partial charge in [-0.25, -0.2) is 12.8 Å². The molecule has 0 saturated carbocycles. The minimum atomic E-state index is -4.25. The van der Waals surface area contributed by atoms with Crippen LogP contribution in [0.1, 0.15) is 20.3 Å². The summed E-state index contributed by atoms with van der Waals surface area (Å²) in [7, 11) is -4.25. The second kappa shape index (κ2) is 7.94. The van der Waals surface area contributed by atoms with Crippen molar-refractivity contribution in [2.45, 2.75) is 31.2 Å². The zero-order valence-corrected chi connectivity index (χ0v) is 15.2. The van der Waals surface area contributed by atoms with Gasteiger partial charge in [-0.15, -0.1) is 0 Å². The molecule has 0 aliphatic rings. The van der Waals surface area contributed by atoms with Gasteiger partial charge in [-0.2, -0.15) is 9.82 Å². The number of sulfonamides is 1. The van der Waals surface area contributed by atoms with E-state index in [9.17, 15) is 17.6 Å². The average Bonchev–Trinajstić information content (AvgIpc) is 2.98. The highest BCUT2D eigenvalue weighted by Crippen LogP contribution is 2.20. The van der Waals surface area contributed by atoms with E-state index in [0.29, 0.717) is 5.82 Å². The molecule has 0 radical (unpaired) electrons. The summed E-state index contributed by atoms with van der Waals surface area (Å²) in [4.78, 5) is 11.8. The Hall–Kier alpha value is -1.97. The lowest BCUT2D eigenvalue weighted by Gasteiger charge is -2.20. The lowest BCUT2D eigenvalue weighted by atomic mass is 10.0. The molecule has 0 fully saturated rings. The van der Waals surface area contributed by atoms with Gasteiger partial charge in [0.15, 0.2) is 0 Å². The molecule has 0 aliphatic carbocycles. The van der Waals surface area contributed by atoms with Crippen LogP contribution in [0, 0.1) is 11.7 Å². The molecule has 136 valence electrons. The van der Waals surface area contributed by atoms with Crippen LogP contribution in [-0.4, -0.2) is 30.6 Å². The molecule has 0 aliphatic heterocycles. The maximum absolute atomic E-state index is 13.9. The van der Waals surface area contributed by atoms with Gasteiger partial charge >= 0.3 is 0 Å². The summed E-state index contributed by atoms with van der Waals surface area (Å²) >= 11 is 5.64. The Morgan fingerprint density at radius 2 is 2.08 bits per heavy atom. The topological polar surface area (TPSA) is 104 Å². The Morgan fingerprint density at radius 3 is 2.64 bits per heavy atom. The number of hydrogen-bond donors (Lipinski definition) is 3. The molecule has 2 rings (SSSR count). The van der Waals surface area contributed by atoms with Crippen LogP contribution in [0.5, 0.6) is 0 Å². The fourth-order valence-corrected chi connectivity index (χ4v) is 3.60. The minimum absolute atomic E-state index is 0.0234. The maximum atomic E-state index is 13.9. The number of carbonyl (C=O) groups excluding carboxylic acids is 1. The molecule has 2 aromatic rings. The standard InChI is InChI=1S/C15H18ClFN4O3S/c1-9(2)7-12(15(22)19-14-5-6-18-20-14)21-25(23,24)13-4-3-10(16)8-11(13)17/h3-6,8-9,12,21H,7H2,1-2H3,(H2,18,19,20,22)/t12-/m0/s1. The first-order chi connectivity index (χ1) is 11.7. The summed E-state index contributed by atoms with van der Waals surface area (Å²) in [6, 6.07) is 3.67. The predicted molar refractivity (Wildman–Crippen MR) is 92.2 cm³/mol. The third-order valence-corrected chi connectivity index (χ3v) is 5.00.